The van der Waals surface area contributed by atoms with Gasteiger partial charge in [0.15, 0.2) is 0 Å². The van der Waals surface area contributed by atoms with Gasteiger partial charge in [0.05, 0.1) is 0 Å². The Morgan fingerprint density at radius 2 is 2.00 bits per heavy atom. The van der Waals surface area contributed by atoms with E-state index in [2.05, 4.69) is 0 Å². The van der Waals surface area contributed by atoms with Crippen molar-refractivity contribution >= 4 is 5.97 Å². The molecule has 0 aliphatic heterocycles. The predicted molar refractivity (Wildman–Crippen MR) is 24.7 cm³/mol. The van der Waals surface area contributed by atoms with Crippen LogP contribution in [-0.4, -0.2) is 11.1 Å². The minimum Gasteiger partial charge on any atom is -1.00 e. The largest absolute Gasteiger partial charge is 1.00 e. The molecular formula is C4H8Na2O2. The van der Waals surface area contributed by atoms with Crippen molar-refractivity contribution in [2.45, 2.75) is 6.92 Å². The van der Waals surface area contributed by atoms with Gasteiger partial charge in [-0.3, -0.25) is 0 Å². The molecule has 0 aliphatic rings. The van der Waals surface area contributed by atoms with Crippen LogP contribution in [0.15, 0.2) is 12.2 Å². The molecule has 0 saturated heterocycles. The molecule has 0 unspecified atom stereocenters. The molecule has 4 heteroatoms. The molecule has 1 N–H and O–H groups in total. The summed E-state index contributed by atoms with van der Waals surface area (Å²) in [5.74, 6) is -0.891. The van der Waals surface area contributed by atoms with Crippen molar-refractivity contribution in [1.29, 1.82) is 0 Å². The first-order chi connectivity index (χ1) is 2.77. The summed E-state index contributed by atoms with van der Waals surface area (Å²) in [5.41, 5.74) is 0. The minimum absolute atomic E-state index is 0. The molecule has 0 bridgehead atoms. The zero-order valence-corrected chi connectivity index (χ0v) is 9.51. The Labute approximate surface area is 95.9 Å². The number of carboxylic acids is 1. The molecule has 8 heavy (non-hydrogen) atoms. The molecule has 0 saturated carbocycles. The average Bonchev–Trinajstić information content (AvgIpc) is 1.35. The second kappa shape index (κ2) is 11.1. The molecule has 0 aliphatic carbocycles. The van der Waals surface area contributed by atoms with Crippen molar-refractivity contribution in [3.05, 3.63) is 12.2 Å². The van der Waals surface area contributed by atoms with Gasteiger partial charge < -0.3 is 7.96 Å². The van der Waals surface area contributed by atoms with Crippen molar-refractivity contribution in [2.24, 2.45) is 0 Å². The second-order valence-corrected chi connectivity index (χ2v) is 0.838. The Morgan fingerprint density at radius 1 is 1.62 bits per heavy atom. The maximum atomic E-state index is 9.51. The first-order valence-electron chi connectivity index (χ1n) is 1.63. The van der Waals surface area contributed by atoms with E-state index in [0.29, 0.717) is 0 Å². The van der Waals surface area contributed by atoms with Crippen LogP contribution in [0.3, 0.4) is 0 Å². The molecule has 0 rings (SSSR count). The fourth-order valence-corrected chi connectivity index (χ4v) is 0.143. The topological polar surface area (TPSA) is 37.3 Å². The molecule has 0 aromatic rings. The number of carboxylic acid groups (broad SMARTS) is 1. The van der Waals surface area contributed by atoms with Crippen molar-refractivity contribution in [3.8, 4) is 0 Å². The van der Waals surface area contributed by atoms with Gasteiger partial charge in [-0.25, -0.2) is 4.79 Å². The van der Waals surface area contributed by atoms with E-state index in [1.165, 1.54) is 6.08 Å². The zero-order chi connectivity index (χ0) is 4.99. The monoisotopic (exact) mass is 134 g/mol. The summed E-state index contributed by atoms with van der Waals surface area (Å²) in [6.07, 6.45) is 2.56. The quantitative estimate of drug-likeness (QED) is 0.288. The summed E-state index contributed by atoms with van der Waals surface area (Å²) in [6, 6.07) is 0. The molecule has 0 spiro atoms. The normalized spacial score (nSPS) is 7.12. The maximum absolute atomic E-state index is 9.51. The van der Waals surface area contributed by atoms with Gasteiger partial charge in [0.1, 0.15) is 0 Å². The van der Waals surface area contributed by atoms with Crippen LogP contribution in [0.5, 0.6) is 0 Å². The Kier molecular flexibility index (Phi) is 22.3. The van der Waals surface area contributed by atoms with E-state index in [-0.39, 0.29) is 62.0 Å². The summed E-state index contributed by atoms with van der Waals surface area (Å²) in [7, 11) is 0. The van der Waals surface area contributed by atoms with Gasteiger partial charge in [0, 0.05) is 6.08 Å². The third-order valence-corrected chi connectivity index (χ3v) is 0.309. The molecule has 0 radical (unpaired) electrons. The number of allylic oxidation sites excluding steroid dienone is 1. The van der Waals surface area contributed by atoms with Crippen molar-refractivity contribution < 1.29 is 71.9 Å². The van der Waals surface area contributed by atoms with Gasteiger partial charge in [-0.2, -0.15) is 0 Å². The summed E-state index contributed by atoms with van der Waals surface area (Å²) >= 11 is 0. The third kappa shape index (κ3) is 15.7. The summed E-state index contributed by atoms with van der Waals surface area (Å²) in [4.78, 5) is 9.51. The number of rotatable bonds is 1. The number of carbonyl (C=O) groups is 1. The minimum atomic E-state index is -0.891. The first kappa shape index (κ1) is 16.1. The van der Waals surface area contributed by atoms with E-state index in [1.54, 1.807) is 6.92 Å². The SMILES string of the molecule is C/C=C/C(=O)O.[H-].[H-].[Na+].[Na+]. The molecule has 0 aromatic carbocycles. The molecule has 0 fully saturated rings. The van der Waals surface area contributed by atoms with E-state index in [0.717, 1.165) is 6.08 Å². The molecule has 38 valence electrons. The first-order valence-corrected chi connectivity index (χ1v) is 1.63. The maximum Gasteiger partial charge on any atom is 1.00 e. The fourth-order valence-electron chi connectivity index (χ4n) is 0.143. The van der Waals surface area contributed by atoms with E-state index in [9.17, 15) is 4.79 Å². The number of hydrogen-bond acceptors (Lipinski definition) is 1. The Hall–Kier alpha value is 1.21. The van der Waals surface area contributed by atoms with Gasteiger partial charge in [0.2, 0.25) is 0 Å². The average molecular weight is 134 g/mol. The van der Waals surface area contributed by atoms with Gasteiger partial charge >= 0.3 is 65.1 Å². The Balaban J connectivity index is -0.0000000208. The van der Waals surface area contributed by atoms with Crippen LogP contribution in [-0.2, 0) is 4.79 Å². The second-order valence-electron chi connectivity index (χ2n) is 0.838. The van der Waals surface area contributed by atoms with Crippen LogP contribution < -0.4 is 59.1 Å². The molecule has 0 aromatic heterocycles. The van der Waals surface area contributed by atoms with Gasteiger partial charge in [0.25, 0.3) is 0 Å². The summed E-state index contributed by atoms with van der Waals surface area (Å²) < 4.78 is 0. The predicted octanol–water partition coefficient (Wildman–Crippen LogP) is -5.12. The Morgan fingerprint density at radius 3 is 2.00 bits per heavy atom. The molecule has 0 amide bonds. The molecular weight excluding hydrogens is 126 g/mol. The smallest absolute Gasteiger partial charge is 1.00 e. The van der Waals surface area contributed by atoms with Crippen molar-refractivity contribution in [3.63, 3.8) is 0 Å². The summed E-state index contributed by atoms with van der Waals surface area (Å²) in [6.45, 7) is 1.66. The zero-order valence-electron chi connectivity index (χ0n) is 7.51. The third-order valence-electron chi connectivity index (χ3n) is 0.309. The van der Waals surface area contributed by atoms with Crippen LogP contribution in [0.4, 0.5) is 0 Å². The van der Waals surface area contributed by atoms with Crippen LogP contribution in [0.1, 0.15) is 9.78 Å². The van der Waals surface area contributed by atoms with E-state index >= 15 is 0 Å². The van der Waals surface area contributed by atoms with Crippen molar-refractivity contribution in [2.75, 3.05) is 0 Å². The molecule has 2 nitrogen and oxygen atoms in total. The molecule has 0 atom stereocenters. The Bertz CT molecular complexity index is 87.3. The van der Waals surface area contributed by atoms with Crippen LogP contribution in [0.25, 0.3) is 0 Å². The van der Waals surface area contributed by atoms with Crippen LogP contribution in [0, 0.1) is 0 Å². The summed E-state index contributed by atoms with van der Waals surface area (Å²) in [5, 5.41) is 7.83. The number of aliphatic carboxylic acids is 1. The van der Waals surface area contributed by atoms with E-state index in [1.807, 2.05) is 0 Å². The number of hydrogen-bond donors (Lipinski definition) is 1. The van der Waals surface area contributed by atoms with Gasteiger partial charge in [-0.15, -0.1) is 0 Å². The van der Waals surface area contributed by atoms with Gasteiger partial charge in [-0.1, -0.05) is 6.08 Å². The standard InChI is InChI=1S/C4H6O2.2Na.2H/c1-2-3-4(5)6;;;;/h2-3H,1H3,(H,5,6);;;;/q;2*+1;2*-1/b3-2+;;;;. The van der Waals surface area contributed by atoms with E-state index < -0.39 is 5.97 Å². The molecule has 0 heterocycles. The van der Waals surface area contributed by atoms with E-state index in [4.69, 9.17) is 5.11 Å². The van der Waals surface area contributed by atoms with Crippen LogP contribution >= 0.6 is 0 Å². The van der Waals surface area contributed by atoms with Gasteiger partial charge in [-0.05, 0) is 6.92 Å². The fraction of sp³-hybridized carbons (Fsp3) is 0.250. The van der Waals surface area contributed by atoms with Crippen molar-refractivity contribution in [1.82, 2.24) is 0 Å². The van der Waals surface area contributed by atoms with Crippen LogP contribution in [0.2, 0.25) is 0 Å².